The Balaban J connectivity index is 1.24. The molecule has 0 atom stereocenters. The highest BCUT2D eigenvalue weighted by molar-refractivity contribution is 6.32. The second kappa shape index (κ2) is 11.0. The van der Waals surface area contributed by atoms with Gasteiger partial charge in [0.2, 0.25) is 0 Å². The van der Waals surface area contributed by atoms with Crippen molar-refractivity contribution in [2.24, 2.45) is 0 Å². The van der Waals surface area contributed by atoms with Crippen molar-refractivity contribution >= 4 is 22.9 Å². The molecule has 0 bridgehead atoms. The number of fused-ring (bicyclic) bond motifs is 1. The molecule has 2 heterocycles. The Hall–Kier alpha value is -3.29. The van der Waals surface area contributed by atoms with Gasteiger partial charge in [0.1, 0.15) is 23.0 Å². The minimum absolute atomic E-state index is 0.129. The lowest BCUT2D eigenvalue weighted by molar-refractivity contribution is 0.177. The van der Waals surface area contributed by atoms with E-state index < -0.39 is 0 Å². The van der Waals surface area contributed by atoms with Gasteiger partial charge in [-0.1, -0.05) is 29.8 Å². The lowest BCUT2D eigenvalue weighted by Gasteiger charge is -2.35. The van der Waals surface area contributed by atoms with Crippen molar-refractivity contribution in [2.45, 2.75) is 44.3 Å². The van der Waals surface area contributed by atoms with Gasteiger partial charge >= 0.3 is 0 Å². The molecule has 8 heteroatoms. The fraction of sp³-hybridized carbons (Fsp3) is 0.345. The Morgan fingerprint density at radius 1 is 1.05 bits per heavy atom. The minimum atomic E-state index is -0.129. The number of methoxy groups -OCH3 is 2. The van der Waals surface area contributed by atoms with Crippen LogP contribution in [0.1, 0.15) is 31.2 Å². The molecule has 194 valence electrons. The average Bonchev–Trinajstić information content (AvgIpc) is 3.33. The van der Waals surface area contributed by atoms with E-state index >= 15 is 0 Å². The molecule has 1 saturated carbocycles. The van der Waals surface area contributed by atoms with Crippen LogP contribution in [0.3, 0.4) is 0 Å². The number of halogens is 2. The Kier molecular flexibility index (Phi) is 7.53. The predicted molar refractivity (Wildman–Crippen MR) is 146 cm³/mol. The second-order valence-corrected chi connectivity index (χ2v) is 10.1. The number of rotatable bonds is 8. The van der Waals surface area contributed by atoms with Crippen molar-refractivity contribution < 1.29 is 13.9 Å². The van der Waals surface area contributed by atoms with Crippen molar-refractivity contribution in [3.63, 3.8) is 0 Å². The van der Waals surface area contributed by atoms with Crippen LogP contribution < -0.4 is 14.8 Å². The highest BCUT2D eigenvalue weighted by atomic mass is 35.5. The Morgan fingerprint density at radius 2 is 1.81 bits per heavy atom. The molecule has 0 radical (unpaired) electrons. The molecular formula is C29H32ClFN4O2. The van der Waals surface area contributed by atoms with Crippen LogP contribution >= 0.6 is 11.6 Å². The highest BCUT2D eigenvalue weighted by Crippen LogP contribution is 2.38. The summed E-state index contributed by atoms with van der Waals surface area (Å²) < 4.78 is 26.9. The molecule has 6 nitrogen and oxygen atoms in total. The number of aromatic nitrogens is 2. The fourth-order valence-electron chi connectivity index (χ4n) is 5.18. The number of imidazole rings is 1. The first-order valence-corrected chi connectivity index (χ1v) is 12.9. The quantitative estimate of drug-likeness (QED) is 0.280. The zero-order valence-corrected chi connectivity index (χ0v) is 22.1. The molecule has 1 N–H and O–H groups in total. The van der Waals surface area contributed by atoms with Crippen LogP contribution in [0, 0.1) is 5.82 Å². The summed E-state index contributed by atoms with van der Waals surface area (Å²) in [5, 5.41) is 4.20. The molecule has 0 amide bonds. The lowest BCUT2D eigenvalue weighted by Crippen LogP contribution is -2.38. The van der Waals surface area contributed by atoms with E-state index in [2.05, 4.69) is 29.4 Å². The van der Waals surface area contributed by atoms with Gasteiger partial charge in [-0.05, 0) is 50.9 Å². The molecule has 37 heavy (non-hydrogen) atoms. The topological polar surface area (TPSA) is 51.0 Å². The third kappa shape index (κ3) is 5.53. The van der Waals surface area contributed by atoms with Gasteiger partial charge in [-0.15, -0.1) is 0 Å². The molecule has 0 spiro atoms. The maximum absolute atomic E-state index is 14.1. The van der Waals surface area contributed by atoms with Crippen LogP contribution in [-0.2, 0) is 6.54 Å². The van der Waals surface area contributed by atoms with E-state index in [1.165, 1.54) is 6.07 Å². The monoisotopic (exact) mass is 522 g/mol. The van der Waals surface area contributed by atoms with Gasteiger partial charge in [0, 0.05) is 60.0 Å². The first kappa shape index (κ1) is 25.4. The lowest BCUT2D eigenvalue weighted by atomic mass is 9.90. The minimum Gasteiger partial charge on any atom is -0.496 e. The Bertz CT molecular complexity index is 1380. The number of hydrogen-bond acceptors (Lipinski definition) is 5. The summed E-state index contributed by atoms with van der Waals surface area (Å²) in [6.45, 7) is 0.637. The molecule has 2 aromatic carbocycles. The van der Waals surface area contributed by atoms with E-state index in [1.807, 2.05) is 35.0 Å². The molecule has 2 aromatic heterocycles. The molecule has 0 unspecified atom stereocenters. The summed E-state index contributed by atoms with van der Waals surface area (Å²) in [7, 11) is 5.30. The third-order valence-corrected chi connectivity index (χ3v) is 7.57. The number of anilines is 1. The summed E-state index contributed by atoms with van der Waals surface area (Å²) in [5.41, 5.74) is 4.23. The largest absolute Gasteiger partial charge is 0.496 e. The maximum atomic E-state index is 14.1. The van der Waals surface area contributed by atoms with Crippen LogP contribution in [0.15, 0.2) is 60.9 Å². The van der Waals surface area contributed by atoms with Crippen molar-refractivity contribution in [2.75, 3.05) is 26.6 Å². The number of pyridine rings is 1. The third-order valence-electron chi connectivity index (χ3n) is 7.28. The normalized spacial score (nSPS) is 17.8. The molecule has 5 rings (SSSR count). The molecule has 1 aliphatic carbocycles. The molecule has 1 aliphatic rings. The molecule has 0 aliphatic heterocycles. The number of hydrogen-bond donors (Lipinski definition) is 1. The Morgan fingerprint density at radius 3 is 2.54 bits per heavy atom. The van der Waals surface area contributed by atoms with E-state index in [0.29, 0.717) is 35.2 Å². The zero-order chi connectivity index (χ0) is 25.9. The van der Waals surface area contributed by atoms with Crippen molar-refractivity contribution in [1.82, 2.24) is 14.3 Å². The van der Waals surface area contributed by atoms with E-state index in [-0.39, 0.29) is 5.82 Å². The summed E-state index contributed by atoms with van der Waals surface area (Å²) in [6.07, 6.45) is 8.28. The summed E-state index contributed by atoms with van der Waals surface area (Å²) in [4.78, 5) is 7.11. The maximum Gasteiger partial charge on any atom is 0.141 e. The second-order valence-electron chi connectivity index (χ2n) is 9.65. The SMILES string of the molecule is COc1cc(OC)c(-c2cn3ccc(N[C@H]4CC[C@@H](N(C)Cc5ccccc5F)CC4)cc3n2)cc1Cl. The number of ether oxygens (including phenoxy) is 2. The predicted octanol–water partition coefficient (Wildman–Crippen LogP) is 6.67. The van der Waals surface area contributed by atoms with E-state index in [4.69, 9.17) is 26.1 Å². The van der Waals surface area contributed by atoms with Crippen LogP contribution in [0.5, 0.6) is 11.5 Å². The van der Waals surface area contributed by atoms with Crippen LogP contribution in [0.25, 0.3) is 16.9 Å². The summed E-state index contributed by atoms with van der Waals surface area (Å²) >= 11 is 6.37. The number of nitrogens with zero attached hydrogens (tertiary/aromatic N) is 3. The molecule has 4 aromatic rings. The summed E-state index contributed by atoms with van der Waals surface area (Å²) in [6, 6.07) is 15.6. The van der Waals surface area contributed by atoms with Crippen molar-refractivity contribution in [3.8, 4) is 22.8 Å². The highest BCUT2D eigenvalue weighted by Gasteiger charge is 2.24. The molecular weight excluding hydrogens is 491 g/mol. The van der Waals surface area contributed by atoms with Crippen LogP contribution in [0.2, 0.25) is 5.02 Å². The standard InChI is InChI=1S/C29H32ClFN4O2/c1-34(17-19-6-4-5-7-25(19)31)22-10-8-20(9-11-22)32-21-12-13-35-18-26(33-29(35)14-21)23-15-24(30)28(37-3)16-27(23)36-2/h4-7,12-16,18,20,22,32H,8-11,17H2,1-3H3/t20-,22+. The van der Waals surface area contributed by atoms with Gasteiger partial charge in [0.25, 0.3) is 0 Å². The fourth-order valence-corrected chi connectivity index (χ4v) is 5.42. The molecule has 0 saturated heterocycles. The van der Waals surface area contributed by atoms with Gasteiger partial charge in [-0.3, -0.25) is 4.90 Å². The van der Waals surface area contributed by atoms with Gasteiger partial charge in [0.15, 0.2) is 0 Å². The van der Waals surface area contributed by atoms with Gasteiger partial charge in [-0.2, -0.15) is 0 Å². The Labute approximate surface area is 222 Å². The zero-order valence-electron chi connectivity index (χ0n) is 21.4. The van der Waals surface area contributed by atoms with Crippen LogP contribution in [-0.4, -0.2) is 47.6 Å². The van der Waals surface area contributed by atoms with E-state index in [1.54, 1.807) is 26.4 Å². The van der Waals surface area contributed by atoms with E-state index in [9.17, 15) is 4.39 Å². The van der Waals surface area contributed by atoms with Crippen molar-refractivity contribution in [3.05, 3.63) is 77.3 Å². The molecule has 1 fully saturated rings. The summed E-state index contributed by atoms with van der Waals surface area (Å²) in [5.74, 6) is 1.08. The van der Waals surface area contributed by atoms with E-state index in [0.717, 1.165) is 53.8 Å². The smallest absolute Gasteiger partial charge is 0.141 e. The number of benzene rings is 2. The number of nitrogens with one attached hydrogen (secondary N) is 1. The first-order chi connectivity index (χ1) is 17.9. The van der Waals surface area contributed by atoms with Crippen LogP contribution in [0.4, 0.5) is 10.1 Å². The van der Waals surface area contributed by atoms with Gasteiger partial charge in [-0.25, -0.2) is 9.37 Å². The van der Waals surface area contributed by atoms with Gasteiger partial charge in [0.05, 0.1) is 24.9 Å². The van der Waals surface area contributed by atoms with Gasteiger partial charge < -0.3 is 19.2 Å². The average molecular weight is 523 g/mol. The van der Waals surface area contributed by atoms with Crippen molar-refractivity contribution in [1.29, 1.82) is 0 Å². The first-order valence-electron chi connectivity index (χ1n) is 12.6.